The minimum atomic E-state index is -0.254. The number of nitrogens with one attached hydrogen (secondary N) is 1. The van der Waals surface area contributed by atoms with Crippen LogP contribution in [0.25, 0.3) is 11.0 Å². The van der Waals surface area contributed by atoms with Crippen molar-refractivity contribution in [3.63, 3.8) is 0 Å². The molecule has 5 rings (SSSR count). The lowest BCUT2D eigenvalue weighted by atomic mass is 9.94. The number of furan rings is 1. The van der Waals surface area contributed by atoms with E-state index in [1.54, 1.807) is 0 Å². The molecule has 0 spiro atoms. The molecule has 1 saturated heterocycles. The van der Waals surface area contributed by atoms with Crippen LogP contribution in [-0.4, -0.2) is 42.2 Å². The first kappa shape index (κ1) is 17.7. The second kappa shape index (κ2) is 6.60. The molecule has 1 amide bonds. The number of aromatic nitrogens is 1. The van der Waals surface area contributed by atoms with E-state index in [2.05, 4.69) is 16.3 Å². The fourth-order valence-corrected chi connectivity index (χ4v) is 5.18. The molecule has 1 atom stereocenters. The molecule has 0 radical (unpaired) electrons. The fraction of sp³-hybridized carbons (Fsp3) is 0.429. The number of amides is 1. The van der Waals surface area contributed by atoms with E-state index in [4.69, 9.17) is 14.1 Å². The van der Waals surface area contributed by atoms with Crippen molar-refractivity contribution in [1.29, 1.82) is 0 Å². The predicted octanol–water partition coefficient (Wildman–Crippen LogP) is 3.40. The third-order valence-electron chi connectivity index (χ3n) is 5.44. The van der Waals surface area contributed by atoms with Crippen molar-refractivity contribution < 1.29 is 13.9 Å². The lowest BCUT2D eigenvalue weighted by Gasteiger charge is -2.35. The first-order valence-electron chi connectivity index (χ1n) is 9.62. The van der Waals surface area contributed by atoms with Gasteiger partial charge >= 0.3 is 0 Å². The minimum absolute atomic E-state index is 0.0133. The van der Waals surface area contributed by atoms with E-state index in [0.717, 1.165) is 46.1 Å². The molecule has 2 aromatic heterocycles. The molecule has 28 heavy (non-hydrogen) atoms. The topological polar surface area (TPSA) is 67.6 Å². The maximum Gasteiger partial charge on any atom is 0.263 e. The number of hydrogen-bond acceptors (Lipinski definition) is 6. The third-order valence-corrected chi connectivity index (χ3v) is 6.58. The molecule has 3 aromatic rings. The molecular weight excluding hydrogens is 374 g/mol. The van der Waals surface area contributed by atoms with Crippen LogP contribution in [0.1, 0.15) is 34.8 Å². The molecule has 0 bridgehead atoms. The number of anilines is 1. The number of para-hydroxylation sites is 1. The monoisotopic (exact) mass is 397 g/mol. The summed E-state index contributed by atoms with van der Waals surface area (Å²) in [5.41, 5.74) is 2.74. The van der Waals surface area contributed by atoms with Crippen LogP contribution in [0.15, 0.2) is 34.9 Å². The van der Waals surface area contributed by atoms with Gasteiger partial charge in [-0.1, -0.05) is 29.5 Å². The van der Waals surface area contributed by atoms with Crippen LogP contribution in [0.5, 0.6) is 0 Å². The summed E-state index contributed by atoms with van der Waals surface area (Å²) in [6.45, 7) is 6.16. The normalized spacial score (nSPS) is 21.6. The van der Waals surface area contributed by atoms with Gasteiger partial charge in [-0.3, -0.25) is 4.79 Å². The molecule has 1 aromatic carbocycles. The van der Waals surface area contributed by atoms with E-state index >= 15 is 0 Å². The van der Waals surface area contributed by atoms with Crippen LogP contribution in [0.4, 0.5) is 5.13 Å². The molecule has 146 valence electrons. The van der Waals surface area contributed by atoms with Crippen molar-refractivity contribution in [3.8, 4) is 0 Å². The molecule has 1 N–H and O–H groups in total. The number of nitrogens with zero attached hydrogens (tertiary/aromatic N) is 2. The van der Waals surface area contributed by atoms with Crippen molar-refractivity contribution in [2.75, 3.05) is 24.7 Å². The lowest BCUT2D eigenvalue weighted by Crippen LogP contribution is -2.48. The highest BCUT2D eigenvalue weighted by Crippen LogP contribution is 2.34. The Morgan fingerprint density at radius 1 is 1.36 bits per heavy atom. The maximum atomic E-state index is 12.5. The Hall–Kier alpha value is -2.38. The zero-order valence-electron chi connectivity index (χ0n) is 16.0. The maximum absolute atomic E-state index is 12.5. The summed E-state index contributed by atoms with van der Waals surface area (Å²) in [5, 5.41) is 5.13. The number of rotatable bonds is 3. The summed E-state index contributed by atoms with van der Waals surface area (Å²) in [7, 11) is 0. The first-order valence-corrected chi connectivity index (χ1v) is 10.4. The van der Waals surface area contributed by atoms with Gasteiger partial charge in [0.1, 0.15) is 10.5 Å². The van der Waals surface area contributed by atoms with Gasteiger partial charge < -0.3 is 19.4 Å². The zero-order chi connectivity index (χ0) is 19.3. The Kier molecular flexibility index (Phi) is 4.17. The fourth-order valence-electron chi connectivity index (χ4n) is 4.11. The Bertz CT molecular complexity index is 1040. The number of hydrogen-bond donors (Lipinski definition) is 1. The predicted molar refractivity (Wildman–Crippen MR) is 109 cm³/mol. The summed E-state index contributed by atoms with van der Waals surface area (Å²) in [6, 6.07) is 8.27. The Morgan fingerprint density at radius 2 is 2.21 bits per heavy atom. The average molecular weight is 398 g/mol. The van der Waals surface area contributed by atoms with Gasteiger partial charge in [-0.2, -0.15) is 0 Å². The lowest BCUT2D eigenvalue weighted by molar-refractivity contribution is 0.0900. The van der Waals surface area contributed by atoms with E-state index in [-0.39, 0.29) is 17.5 Å². The van der Waals surface area contributed by atoms with Crippen molar-refractivity contribution in [1.82, 2.24) is 10.3 Å². The largest absolute Gasteiger partial charge is 0.464 e. The molecule has 2 aliphatic rings. The Balaban J connectivity index is 1.45. The molecule has 2 aliphatic heterocycles. The molecule has 0 aliphatic carbocycles. The van der Waals surface area contributed by atoms with Crippen LogP contribution in [0.2, 0.25) is 0 Å². The second-order valence-corrected chi connectivity index (χ2v) is 9.15. The van der Waals surface area contributed by atoms with Gasteiger partial charge in [0.25, 0.3) is 5.91 Å². The number of thiazole rings is 1. The summed E-state index contributed by atoms with van der Waals surface area (Å²) in [4.78, 5) is 20.4. The summed E-state index contributed by atoms with van der Waals surface area (Å²) in [5.74, 6) is -0.0133. The molecule has 0 saturated carbocycles. The van der Waals surface area contributed by atoms with E-state index in [9.17, 15) is 4.79 Å². The van der Waals surface area contributed by atoms with Crippen LogP contribution in [-0.2, 0) is 17.6 Å². The van der Waals surface area contributed by atoms with Gasteiger partial charge in [0.05, 0.1) is 31.2 Å². The average Bonchev–Trinajstić information content (AvgIpc) is 3.26. The SMILES string of the molecule is CC1(C)Cc2nc(N3CCOC[C@@H]3Cc3coc4ccccc34)sc2C(=O)N1. The summed E-state index contributed by atoms with van der Waals surface area (Å²) in [6.07, 6.45) is 3.42. The number of morpholine rings is 1. The highest BCUT2D eigenvalue weighted by molar-refractivity contribution is 7.17. The zero-order valence-corrected chi connectivity index (χ0v) is 16.8. The third kappa shape index (κ3) is 3.08. The smallest absolute Gasteiger partial charge is 0.263 e. The van der Waals surface area contributed by atoms with Crippen molar-refractivity contribution in [2.24, 2.45) is 0 Å². The van der Waals surface area contributed by atoms with Crippen molar-refractivity contribution >= 4 is 33.3 Å². The number of carbonyl (C=O) groups is 1. The van der Waals surface area contributed by atoms with Gasteiger partial charge in [-0.05, 0) is 26.3 Å². The Morgan fingerprint density at radius 3 is 3.11 bits per heavy atom. The summed E-state index contributed by atoms with van der Waals surface area (Å²) >= 11 is 1.49. The molecule has 6 nitrogen and oxygen atoms in total. The van der Waals surface area contributed by atoms with Crippen LogP contribution in [0.3, 0.4) is 0 Å². The highest BCUT2D eigenvalue weighted by atomic mass is 32.1. The van der Waals surface area contributed by atoms with E-state index in [0.29, 0.717) is 13.2 Å². The van der Waals surface area contributed by atoms with Crippen LogP contribution >= 0.6 is 11.3 Å². The number of benzene rings is 1. The van der Waals surface area contributed by atoms with Gasteiger partial charge in [0.2, 0.25) is 0 Å². The van der Waals surface area contributed by atoms with Gasteiger partial charge in [0, 0.05) is 29.5 Å². The Labute approximate surface area is 167 Å². The quantitative estimate of drug-likeness (QED) is 0.734. The molecule has 1 fully saturated rings. The van der Waals surface area contributed by atoms with Crippen LogP contribution in [0, 0.1) is 0 Å². The van der Waals surface area contributed by atoms with Gasteiger partial charge in [-0.15, -0.1) is 0 Å². The molecular formula is C21H23N3O3S. The van der Waals surface area contributed by atoms with E-state index in [1.807, 2.05) is 38.3 Å². The number of carbonyl (C=O) groups excluding carboxylic acids is 1. The number of fused-ring (bicyclic) bond motifs is 2. The minimum Gasteiger partial charge on any atom is -0.464 e. The van der Waals surface area contributed by atoms with Crippen molar-refractivity contribution in [2.45, 2.75) is 38.3 Å². The number of ether oxygens (including phenoxy) is 1. The first-order chi connectivity index (χ1) is 13.5. The summed E-state index contributed by atoms with van der Waals surface area (Å²) < 4.78 is 11.5. The molecule has 4 heterocycles. The van der Waals surface area contributed by atoms with Gasteiger partial charge in [-0.25, -0.2) is 4.98 Å². The molecule has 0 unspecified atom stereocenters. The van der Waals surface area contributed by atoms with Gasteiger partial charge in [0.15, 0.2) is 5.13 Å². The van der Waals surface area contributed by atoms with Crippen molar-refractivity contribution in [3.05, 3.63) is 46.7 Å². The second-order valence-electron chi connectivity index (χ2n) is 8.17. The van der Waals surface area contributed by atoms with E-state index in [1.165, 1.54) is 16.9 Å². The highest BCUT2D eigenvalue weighted by Gasteiger charge is 2.35. The standard InChI is InChI=1S/C21H23N3O3S/c1-21(2)10-16-18(19(25)23-21)28-20(22-16)24-7-8-26-12-14(24)9-13-11-27-17-6-4-3-5-15(13)17/h3-6,11,14H,7-10,12H2,1-2H3,(H,23,25)/t14-/m0/s1. The van der Waals surface area contributed by atoms with E-state index < -0.39 is 0 Å². The van der Waals surface area contributed by atoms with Crippen LogP contribution < -0.4 is 10.2 Å². The molecule has 7 heteroatoms.